The molecule has 0 aliphatic carbocycles. The summed E-state index contributed by atoms with van der Waals surface area (Å²) in [6.45, 7) is 7.13. The van der Waals surface area contributed by atoms with Gasteiger partial charge in [-0.2, -0.15) is 0 Å². The van der Waals surface area contributed by atoms with Crippen molar-refractivity contribution in [2.45, 2.75) is 39.3 Å². The molecule has 19 heavy (non-hydrogen) atoms. The van der Waals surface area contributed by atoms with E-state index in [0.717, 1.165) is 31.7 Å². The summed E-state index contributed by atoms with van der Waals surface area (Å²) < 4.78 is 0. The maximum Gasteiger partial charge on any atom is 0.224 e. The predicted molar refractivity (Wildman–Crippen MR) is 78.2 cm³/mol. The van der Waals surface area contributed by atoms with Gasteiger partial charge >= 0.3 is 0 Å². The highest BCUT2D eigenvalue weighted by Crippen LogP contribution is 2.23. The summed E-state index contributed by atoms with van der Waals surface area (Å²) in [4.78, 5) is 11.3. The summed E-state index contributed by atoms with van der Waals surface area (Å²) in [5.74, 6) is 0.123. The zero-order chi connectivity index (χ0) is 13.7. The van der Waals surface area contributed by atoms with E-state index in [1.807, 2.05) is 6.07 Å². The second kappa shape index (κ2) is 6.68. The third-order valence-corrected chi connectivity index (χ3v) is 3.25. The standard InChI is InChI=1S/C15H23N3O/c1-11(2)17-8-7-16-10-12-3-5-14-13(9-12)4-6-15(19)18-14/h3,5,9,11,16-17H,4,6-8,10H2,1-2H3,(H,18,19). The van der Waals surface area contributed by atoms with Gasteiger partial charge in [-0.15, -0.1) is 0 Å². The molecule has 3 N–H and O–H groups in total. The van der Waals surface area contributed by atoms with Gasteiger partial charge < -0.3 is 16.0 Å². The van der Waals surface area contributed by atoms with Crippen molar-refractivity contribution in [3.8, 4) is 0 Å². The van der Waals surface area contributed by atoms with Crippen molar-refractivity contribution in [1.29, 1.82) is 0 Å². The maximum absolute atomic E-state index is 11.3. The second-order valence-electron chi connectivity index (χ2n) is 5.33. The Hall–Kier alpha value is -1.39. The highest BCUT2D eigenvalue weighted by atomic mass is 16.1. The van der Waals surface area contributed by atoms with Gasteiger partial charge in [0.05, 0.1) is 0 Å². The lowest BCUT2D eigenvalue weighted by molar-refractivity contribution is -0.116. The summed E-state index contributed by atoms with van der Waals surface area (Å²) in [7, 11) is 0. The monoisotopic (exact) mass is 261 g/mol. The van der Waals surface area contributed by atoms with Gasteiger partial charge in [0.2, 0.25) is 5.91 Å². The third kappa shape index (κ3) is 4.33. The molecule has 4 nitrogen and oxygen atoms in total. The molecule has 2 rings (SSSR count). The normalized spacial score (nSPS) is 14.4. The zero-order valence-corrected chi connectivity index (χ0v) is 11.8. The van der Waals surface area contributed by atoms with Gasteiger partial charge in [-0.3, -0.25) is 4.79 Å². The first-order valence-electron chi connectivity index (χ1n) is 7.01. The molecule has 0 radical (unpaired) electrons. The Morgan fingerprint density at radius 1 is 1.26 bits per heavy atom. The molecule has 1 amide bonds. The fourth-order valence-corrected chi connectivity index (χ4v) is 2.23. The van der Waals surface area contributed by atoms with E-state index in [0.29, 0.717) is 12.5 Å². The summed E-state index contributed by atoms with van der Waals surface area (Å²) in [6.07, 6.45) is 1.45. The van der Waals surface area contributed by atoms with Crippen LogP contribution in [0, 0.1) is 0 Å². The third-order valence-electron chi connectivity index (χ3n) is 3.25. The van der Waals surface area contributed by atoms with Crippen LogP contribution in [0.2, 0.25) is 0 Å². The predicted octanol–water partition coefficient (Wildman–Crippen LogP) is 1.66. The molecule has 0 atom stereocenters. The van der Waals surface area contributed by atoms with E-state index in [2.05, 4.69) is 41.9 Å². The SMILES string of the molecule is CC(C)NCCNCc1ccc2c(c1)CCC(=O)N2. The Balaban J connectivity index is 1.80. The minimum atomic E-state index is 0.123. The molecule has 0 aromatic heterocycles. The Morgan fingerprint density at radius 2 is 2.11 bits per heavy atom. The van der Waals surface area contributed by atoms with Crippen LogP contribution in [-0.4, -0.2) is 25.0 Å². The number of carbonyl (C=O) groups is 1. The molecule has 0 saturated heterocycles. The average molecular weight is 261 g/mol. The topological polar surface area (TPSA) is 53.2 Å². The van der Waals surface area contributed by atoms with E-state index in [1.165, 1.54) is 11.1 Å². The van der Waals surface area contributed by atoms with E-state index in [1.54, 1.807) is 0 Å². The summed E-state index contributed by atoms with van der Waals surface area (Å²) in [5.41, 5.74) is 3.50. The Labute approximate surface area is 115 Å². The largest absolute Gasteiger partial charge is 0.326 e. The number of amides is 1. The van der Waals surface area contributed by atoms with Crippen molar-refractivity contribution in [3.63, 3.8) is 0 Å². The first kappa shape index (κ1) is 14.0. The van der Waals surface area contributed by atoms with E-state index >= 15 is 0 Å². The van der Waals surface area contributed by atoms with E-state index in [-0.39, 0.29) is 5.91 Å². The van der Waals surface area contributed by atoms with Gasteiger partial charge in [0.1, 0.15) is 0 Å². The number of benzene rings is 1. The maximum atomic E-state index is 11.3. The molecule has 0 saturated carbocycles. The van der Waals surface area contributed by atoms with Crippen molar-refractivity contribution in [1.82, 2.24) is 10.6 Å². The minimum Gasteiger partial charge on any atom is -0.326 e. The Morgan fingerprint density at radius 3 is 2.89 bits per heavy atom. The number of nitrogens with one attached hydrogen (secondary N) is 3. The highest BCUT2D eigenvalue weighted by Gasteiger charge is 2.14. The number of hydrogen-bond acceptors (Lipinski definition) is 3. The number of rotatable bonds is 6. The molecule has 0 fully saturated rings. The van der Waals surface area contributed by atoms with Crippen LogP contribution in [-0.2, 0) is 17.8 Å². The first-order valence-corrected chi connectivity index (χ1v) is 7.01. The molecule has 1 aromatic rings. The molecule has 0 bridgehead atoms. The molecular formula is C15H23N3O. The quantitative estimate of drug-likeness (QED) is 0.683. The molecular weight excluding hydrogens is 238 g/mol. The van der Waals surface area contributed by atoms with Crippen LogP contribution in [0.15, 0.2) is 18.2 Å². The van der Waals surface area contributed by atoms with Crippen LogP contribution in [0.4, 0.5) is 5.69 Å². The molecule has 1 aliphatic rings. The molecule has 1 heterocycles. The Bertz CT molecular complexity index is 443. The molecule has 1 aromatic carbocycles. The van der Waals surface area contributed by atoms with Gasteiger partial charge in [-0.25, -0.2) is 0 Å². The lowest BCUT2D eigenvalue weighted by Gasteiger charge is -2.17. The van der Waals surface area contributed by atoms with E-state index in [4.69, 9.17) is 0 Å². The van der Waals surface area contributed by atoms with Crippen LogP contribution in [0.25, 0.3) is 0 Å². The van der Waals surface area contributed by atoms with Gasteiger partial charge in [-0.1, -0.05) is 26.0 Å². The second-order valence-corrected chi connectivity index (χ2v) is 5.33. The average Bonchev–Trinajstić information content (AvgIpc) is 2.38. The van der Waals surface area contributed by atoms with Gasteiger partial charge in [0.25, 0.3) is 0 Å². The van der Waals surface area contributed by atoms with E-state index < -0.39 is 0 Å². The lowest BCUT2D eigenvalue weighted by atomic mass is 10.0. The number of fused-ring (bicyclic) bond motifs is 1. The minimum absolute atomic E-state index is 0.123. The van der Waals surface area contributed by atoms with Crippen LogP contribution < -0.4 is 16.0 Å². The van der Waals surface area contributed by atoms with Crippen molar-refractivity contribution >= 4 is 11.6 Å². The van der Waals surface area contributed by atoms with Gasteiger partial charge in [-0.05, 0) is 23.6 Å². The van der Waals surface area contributed by atoms with E-state index in [9.17, 15) is 4.79 Å². The lowest BCUT2D eigenvalue weighted by Crippen LogP contribution is -2.31. The van der Waals surface area contributed by atoms with Crippen LogP contribution in [0.3, 0.4) is 0 Å². The smallest absolute Gasteiger partial charge is 0.224 e. The molecule has 0 unspecified atom stereocenters. The van der Waals surface area contributed by atoms with Crippen molar-refractivity contribution in [2.75, 3.05) is 18.4 Å². The van der Waals surface area contributed by atoms with Crippen molar-refractivity contribution in [3.05, 3.63) is 29.3 Å². The van der Waals surface area contributed by atoms with Crippen LogP contribution in [0.1, 0.15) is 31.4 Å². The summed E-state index contributed by atoms with van der Waals surface area (Å²) in [6, 6.07) is 6.81. The number of anilines is 1. The molecule has 4 heteroatoms. The fourth-order valence-electron chi connectivity index (χ4n) is 2.23. The molecule has 0 spiro atoms. The van der Waals surface area contributed by atoms with Gasteiger partial charge in [0.15, 0.2) is 0 Å². The summed E-state index contributed by atoms with van der Waals surface area (Å²) >= 11 is 0. The summed E-state index contributed by atoms with van der Waals surface area (Å²) in [5, 5.41) is 9.71. The number of aryl methyl sites for hydroxylation is 1. The Kier molecular flexibility index (Phi) is 4.93. The van der Waals surface area contributed by atoms with Crippen LogP contribution >= 0.6 is 0 Å². The highest BCUT2D eigenvalue weighted by molar-refractivity contribution is 5.93. The fraction of sp³-hybridized carbons (Fsp3) is 0.533. The molecule has 104 valence electrons. The molecule has 1 aliphatic heterocycles. The van der Waals surface area contributed by atoms with Crippen molar-refractivity contribution in [2.24, 2.45) is 0 Å². The van der Waals surface area contributed by atoms with Crippen molar-refractivity contribution < 1.29 is 4.79 Å². The number of carbonyl (C=O) groups excluding carboxylic acids is 1. The number of hydrogen-bond donors (Lipinski definition) is 3. The van der Waals surface area contributed by atoms with Gasteiger partial charge in [0, 0.05) is 37.8 Å². The zero-order valence-electron chi connectivity index (χ0n) is 11.8. The first-order chi connectivity index (χ1) is 9.15. The van der Waals surface area contributed by atoms with Crippen LogP contribution in [0.5, 0.6) is 0 Å².